The number of guanidine groups is 1. The van der Waals surface area contributed by atoms with Crippen LogP contribution in [-0.2, 0) is 4.79 Å². The Kier molecular flexibility index (Phi) is 10.5. The molecule has 1 aromatic rings. The predicted molar refractivity (Wildman–Crippen MR) is 106 cm³/mol. The van der Waals surface area contributed by atoms with Crippen LogP contribution in [0.15, 0.2) is 23.2 Å². The average Bonchev–Trinajstić information content (AvgIpc) is 2.45. The minimum absolute atomic E-state index is 0. The van der Waals surface area contributed by atoms with Crippen molar-refractivity contribution in [2.45, 2.75) is 40.2 Å². The zero-order valence-electron chi connectivity index (χ0n) is 14.5. The zero-order chi connectivity index (χ0) is 16.5. The van der Waals surface area contributed by atoms with Gasteiger partial charge in [0.25, 0.3) is 0 Å². The summed E-state index contributed by atoms with van der Waals surface area (Å²) in [5, 5.41) is 9.22. The highest BCUT2D eigenvalue weighted by atomic mass is 127. The van der Waals surface area contributed by atoms with E-state index >= 15 is 0 Å². The summed E-state index contributed by atoms with van der Waals surface area (Å²) in [5.41, 5.74) is 0.878. The Labute approximate surface area is 156 Å². The summed E-state index contributed by atoms with van der Waals surface area (Å²) in [6.45, 7) is 8.80. The first-order chi connectivity index (χ1) is 10.4. The first-order valence-corrected chi connectivity index (χ1v) is 7.63. The van der Waals surface area contributed by atoms with Crippen molar-refractivity contribution in [3.05, 3.63) is 23.9 Å². The van der Waals surface area contributed by atoms with Gasteiger partial charge in [-0.2, -0.15) is 0 Å². The second kappa shape index (κ2) is 11.2. The van der Waals surface area contributed by atoms with Gasteiger partial charge in [0, 0.05) is 31.7 Å². The molecule has 0 radical (unpaired) electrons. The molecule has 1 unspecified atom stereocenters. The molecule has 1 rings (SSSR count). The molecule has 0 saturated carbocycles. The third kappa shape index (κ3) is 8.73. The van der Waals surface area contributed by atoms with Gasteiger partial charge in [0.1, 0.15) is 5.82 Å². The van der Waals surface area contributed by atoms with Gasteiger partial charge < -0.3 is 16.0 Å². The summed E-state index contributed by atoms with van der Waals surface area (Å²) in [5.74, 6) is 1.73. The number of halogens is 1. The Hall–Kier alpha value is -1.38. The maximum atomic E-state index is 11.9. The highest BCUT2D eigenvalue weighted by Gasteiger charge is 2.09. The Bertz CT molecular complexity index is 519. The molecule has 1 heterocycles. The number of hydrogen-bond donors (Lipinski definition) is 3. The molecule has 0 aromatic carbocycles. The third-order valence-electron chi connectivity index (χ3n) is 3.39. The highest BCUT2D eigenvalue weighted by Crippen LogP contribution is 2.04. The molecule has 1 atom stereocenters. The van der Waals surface area contributed by atoms with Gasteiger partial charge in [0.15, 0.2) is 5.96 Å². The van der Waals surface area contributed by atoms with E-state index in [1.165, 1.54) is 0 Å². The summed E-state index contributed by atoms with van der Waals surface area (Å²) >= 11 is 0. The van der Waals surface area contributed by atoms with Crippen molar-refractivity contribution in [1.82, 2.24) is 15.6 Å². The lowest BCUT2D eigenvalue weighted by Crippen LogP contribution is -2.44. The van der Waals surface area contributed by atoms with Crippen molar-refractivity contribution in [1.29, 1.82) is 0 Å². The van der Waals surface area contributed by atoms with Gasteiger partial charge >= 0.3 is 0 Å². The van der Waals surface area contributed by atoms with Crippen LogP contribution in [0.3, 0.4) is 0 Å². The molecule has 1 aromatic heterocycles. The molecule has 23 heavy (non-hydrogen) atoms. The quantitative estimate of drug-likeness (QED) is 0.366. The van der Waals surface area contributed by atoms with E-state index in [1.54, 1.807) is 13.1 Å². The van der Waals surface area contributed by atoms with E-state index in [9.17, 15) is 4.79 Å². The lowest BCUT2D eigenvalue weighted by atomic mass is 10.1. The number of rotatable bonds is 6. The van der Waals surface area contributed by atoms with E-state index in [0.29, 0.717) is 36.7 Å². The second-order valence-electron chi connectivity index (χ2n) is 5.64. The molecule has 0 fully saturated rings. The molecular weight excluding hydrogens is 405 g/mol. The van der Waals surface area contributed by atoms with Gasteiger partial charge in [-0.3, -0.25) is 9.79 Å². The molecule has 7 heteroatoms. The van der Waals surface area contributed by atoms with Crippen molar-refractivity contribution in [3.8, 4) is 0 Å². The van der Waals surface area contributed by atoms with Crippen LogP contribution in [0.2, 0.25) is 0 Å². The van der Waals surface area contributed by atoms with Crippen LogP contribution in [0.25, 0.3) is 0 Å². The van der Waals surface area contributed by atoms with Crippen LogP contribution in [-0.4, -0.2) is 36.5 Å². The number of carbonyl (C=O) groups excluding carboxylic acids is 1. The third-order valence-corrected chi connectivity index (χ3v) is 3.39. The molecule has 6 nitrogen and oxygen atoms in total. The van der Waals surface area contributed by atoms with E-state index in [0.717, 1.165) is 5.69 Å². The van der Waals surface area contributed by atoms with Crippen LogP contribution in [0.1, 0.15) is 32.9 Å². The number of amides is 1. The number of hydrogen-bond acceptors (Lipinski definition) is 3. The minimum Gasteiger partial charge on any atom is -0.356 e. The van der Waals surface area contributed by atoms with Gasteiger partial charge in [0.05, 0.1) is 0 Å². The van der Waals surface area contributed by atoms with Crippen molar-refractivity contribution < 1.29 is 4.79 Å². The molecule has 0 aliphatic rings. The second-order valence-corrected chi connectivity index (χ2v) is 5.64. The van der Waals surface area contributed by atoms with Crippen molar-refractivity contribution in [2.75, 3.05) is 18.9 Å². The number of anilines is 1. The first kappa shape index (κ1) is 21.6. The minimum atomic E-state index is -0.0713. The van der Waals surface area contributed by atoms with E-state index in [2.05, 4.69) is 46.7 Å². The van der Waals surface area contributed by atoms with Crippen LogP contribution >= 0.6 is 24.0 Å². The number of nitrogens with one attached hydrogen (secondary N) is 3. The Morgan fingerprint density at radius 2 is 2.00 bits per heavy atom. The fourth-order valence-corrected chi connectivity index (χ4v) is 1.69. The lowest BCUT2D eigenvalue weighted by molar-refractivity contribution is -0.116. The van der Waals surface area contributed by atoms with Gasteiger partial charge in [-0.15, -0.1) is 24.0 Å². The van der Waals surface area contributed by atoms with Crippen molar-refractivity contribution in [2.24, 2.45) is 10.9 Å². The number of aromatic nitrogens is 1. The summed E-state index contributed by atoms with van der Waals surface area (Å²) in [4.78, 5) is 20.3. The maximum absolute atomic E-state index is 11.9. The normalized spacial score (nSPS) is 12.3. The first-order valence-electron chi connectivity index (χ1n) is 7.63. The van der Waals surface area contributed by atoms with Crippen molar-refractivity contribution in [3.63, 3.8) is 0 Å². The maximum Gasteiger partial charge on any atom is 0.227 e. The van der Waals surface area contributed by atoms with Crippen LogP contribution in [0, 0.1) is 12.8 Å². The van der Waals surface area contributed by atoms with E-state index in [-0.39, 0.29) is 29.9 Å². The molecular formula is C16H28IN5O. The highest BCUT2D eigenvalue weighted by molar-refractivity contribution is 14.0. The summed E-state index contributed by atoms with van der Waals surface area (Å²) in [7, 11) is 1.72. The van der Waals surface area contributed by atoms with Crippen LogP contribution < -0.4 is 16.0 Å². The molecule has 1 amide bonds. The average molecular weight is 433 g/mol. The number of pyridine rings is 1. The molecule has 0 bridgehead atoms. The van der Waals surface area contributed by atoms with Gasteiger partial charge in [0.2, 0.25) is 5.91 Å². The monoisotopic (exact) mass is 433 g/mol. The van der Waals surface area contributed by atoms with Crippen LogP contribution in [0.5, 0.6) is 0 Å². The molecule has 3 N–H and O–H groups in total. The molecule has 0 saturated heterocycles. The summed E-state index contributed by atoms with van der Waals surface area (Å²) in [6.07, 6.45) is 0.354. The Morgan fingerprint density at radius 1 is 1.30 bits per heavy atom. The number of aliphatic imine (C=N–C) groups is 1. The molecule has 0 aliphatic heterocycles. The number of aryl methyl sites for hydroxylation is 1. The lowest BCUT2D eigenvalue weighted by Gasteiger charge is -2.20. The number of nitrogens with zero attached hydrogens (tertiary/aromatic N) is 2. The molecule has 0 spiro atoms. The summed E-state index contributed by atoms with van der Waals surface area (Å²) in [6, 6.07) is 5.86. The topological polar surface area (TPSA) is 78.4 Å². The van der Waals surface area contributed by atoms with E-state index < -0.39 is 0 Å². The van der Waals surface area contributed by atoms with Crippen molar-refractivity contribution >= 4 is 41.7 Å². The standard InChI is InChI=1S/C16H27N5O.HI/c1-11(2)13(4)20-16(17-5)18-10-9-15(22)21-14-8-6-7-12(3)19-14;/h6-8,11,13H,9-10H2,1-5H3,(H2,17,18,20)(H,19,21,22);1H. The molecule has 130 valence electrons. The largest absolute Gasteiger partial charge is 0.356 e. The predicted octanol–water partition coefficient (Wildman–Crippen LogP) is 2.55. The van der Waals surface area contributed by atoms with Gasteiger partial charge in [-0.05, 0) is 31.9 Å². The fraction of sp³-hybridized carbons (Fsp3) is 0.562. The van der Waals surface area contributed by atoms with E-state index in [1.807, 2.05) is 19.1 Å². The fourth-order valence-electron chi connectivity index (χ4n) is 1.69. The van der Waals surface area contributed by atoms with Crippen LogP contribution in [0.4, 0.5) is 5.82 Å². The smallest absolute Gasteiger partial charge is 0.227 e. The summed E-state index contributed by atoms with van der Waals surface area (Å²) < 4.78 is 0. The SMILES string of the molecule is CN=C(NCCC(=O)Nc1cccc(C)n1)NC(C)C(C)C.I. The zero-order valence-corrected chi connectivity index (χ0v) is 16.8. The van der Waals surface area contributed by atoms with Gasteiger partial charge in [-0.1, -0.05) is 19.9 Å². The molecule has 0 aliphatic carbocycles. The van der Waals surface area contributed by atoms with Gasteiger partial charge in [-0.25, -0.2) is 4.98 Å². The number of carbonyl (C=O) groups is 1. The van der Waals surface area contributed by atoms with E-state index in [4.69, 9.17) is 0 Å². The Morgan fingerprint density at radius 3 is 2.57 bits per heavy atom. The Balaban J connectivity index is 0.00000484.